The van der Waals surface area contributed by atoms with Crippen molar-refractivity contribution in [3.05, 3.63) is 89.3 Å². The van der Waals surface area contributed by atoms with Gasteiger partial charge in [-0.15, -0.1) is 6.58 Å². The largest absolute Gasteiger partial charge is 0.481 e. The zero-order valence-electron chi connectivity index (χ0n) is 22.6. The molecular weight excluding hydrogens is 432 g/mol. The maximum atomic E-state index is 10.9. The lowest BCUT2D eigenvalue weighted by atomic mass is 9.96. The van der Waals surface area contributed by atoms with Crippen LogP contribution in [0.15, 0.2) is 61.3 Å². The van der Waals surface area contributed by atoms with Crippen LogP contribution in [0.5, 0.6) is 0 Å². The molecule has 3 rings (SSSR count). The second-order valence-corrected chi connectivity index (χ2v) is 8.03. The summed E-state index contributed by atoms with van der Waals surface area (Å²) in [5.74, 6) is 0.255. The first-order chi connectivity index (χ1) is 17.0. The summed E-state index contributed by atoms with van der Waals surface area (Å²) in [5.41, 5.74) is 7.36. The Morgan fingerprint density at radius 2 is 1.63 bits per heavy atom. The molecule has 0 aliphatic heterocycles. The highest BCUT2D eigenvalue weighted by Gasteiger charge is 2.10. The normalized spacial score (nSPS) is 10.0. The summed E-state index contributed by atoms with van der Waals surface area (Å²) in [7, 11) is 2.09. The first-order valence-corrected chi connectivity index (χ1v) is 13.0. The molecule has 1 N–H and O–H groups in total. The Morgan fingerprint density at radius 3 is 2.23 bits per heavy atom. The van der Waals surface area contributed by atoms with E-state index < -0.39 is 5.97 Å². The van der Waals surface area contributed by atoms with Gasteiger partial charge in [0.15, 0.2) is 0 Å². The number of imidazole rings is 1. The molecule has 0 amide bonds. The van der Waals surface area contributed by atoms with Gasteiger partial charge in [-0.2, -0.15) is 0 Å². The third-order valence-corrected chi connectivity index (χ3v) is 5.83. The molecule has 4 nitrogen and oxygen atoms in total. The van der Waals surface area contributed by atoms with Crippen LogP contribution in [0.3, 0.4) is 0 Å². The van der Waals surface area contributed by atoms with E-state index in [-0.39, 0.29) is 6.42 Å². The predicted molar refractivity (Wildman–Crippen MR) is 149 cm³/mol. The topological polar surface area (TPSA) is 55.1 Å². The van der Waals surface area contributed by atoms with Gasteiger partial charge < -0.3 is 9.67 Å². The van der Waals surface area contributed by atoms with Crippen LogP contribution in [0.2, 0.25) is 0 Å². The number of rotatable bonds is 11. The van der Waals surface area contributed by atoms with E-state index in [1.807, 2.05) is 40.0 Å². The van der Waals surface area contributed by atoms with Crippen LogP contribution in [0.4, 0.5) is 0 Å². The molecule has 4 heteroatoms. The standard InChI is InChI=1S/C27H32N2O2.2C2H6/c1-4-7-20-10-14-24(15-11-20)27-28-19-25(29(27)3)9-6-8-21-12-13-23(16-17-26(30)31)22(5-2)18-21;2*1-2/h4,10-15,18-19H,1,5-9,16-17H2,2-3H3,(H,30,31);2*1-2H3. The minimum atomic E-state index is -0.741. The minimum absolute atomic E-state index is 0.187. The molecule has 0 fully saturated rings. The van der Waals surface area contributed by atoms with Crippen molar-refractivity contribution in [3.8, 4) is 11.4 Å². The van der Waals surface area contributed by atoms with Gasteiger partial charge in [0.05, 0.1) is 0 Å². The molecule has 0 aliphatic rings. The van der Waals surface area contributed by atoms with Gasteiger partial charge in [-0.05, 0) is 60.8 Å². The lowest BCUT2D eigenvalue weighted by molar-refractivity contribution is -0.136. The molecule has 0 atom stereocenters. The Bertz CT molecular complexity index is 1030. The molecule has 0 aliphatic carbocycles. The van der Waals surface area contributed by atoms with Gasteiger partial charge in [0.25, 0.3) is 0 Å². The number of carboxylic acid groups (broad SMARTS) is 1. The van der Waals surface area contributed by atoms with Crippen LogP contribution in [0, 0.1) is 0 Å². The molecule has 0 bridgehead atoms. The number of aryl methyl sites for hydroxylation is 4. The molecule has 3 aromatic rings. The van der Waals surface area contributed by atoms with Gasteiger partial charge in [0, 0.05) is 30.9 Å². The second-order valence-electron chi connectivity index (χ2n) is 8.03. The van der Waals surface area contributed by atoms with E-state index in [1.54, 1.807) is 0 Å². The van der Waals surface area contributed by atoms with Crippen LogP contribution in [-0.2, 0) is 43.9 Å². The van der Waals surface area contributed by atoms with Gasteiger partial charge in [-0.3, -0.25) is 4.79 Å². The van der Waals surface area contributed by atoms with Gasteiger partial charge in [0.1, 0.15) is 5.82 Å². The van der Waals surface area contributed by atoms with Crippen molar-refractivity contribution in [2.75, 3.05) is 0 Å². The Morgan fingerprint density at radius 1 is 0.971 bits per heavy atom. The van der Waals surface area contributed by atoms with Crippen molar-refractivity contribution in [2.45, 2.75) is 79.6 Å². The maximum Gasteiger partial charge on any atom is 0.303 e. The van der Waals surface area contributed by atoms with Gasteiger partial charge in [0.2, 0.25) is 0 Å². The molecule has 0 saturated carbocycles. The van der Waals surface area contributed by atoms with Crippen LogP contribution in [0.1, 0.15) is 75.4 Å². The van der Waals surface area contributed by atoms with Gasteiger partial charge >= 0.3 is 5.97 Å². The van der Waals surface area contributed by atoms with Crippen molar-refractivity contribution in [3.63, 3.8) is 0 Å². The molecule has 1 aromatic heterocycles. The van der Waals surface area contributed by atoms with Crippen molar-refractivity contribution >= 4 is 5.97 Å². The third kappa shape index (κ3) is 9.20. The Balaban J connectivity index is 0.00000145. The summed E-state index contributed by atoms with van der Waals surface area (Å²) >= 11 is 0. The summed E-state index contributed by atoms with van der Waals surface area (Å²) in [5, 5.41) is 8.94. The zero-order valence-corrected chi connectivity index (χ0v) is 22.6. The maximum absolute atomic E-state index is 10.9. The SMILES string of the molecule is C=CCc1ccc(-c2ncc(CCCc3ccc(CCC(=O)O)c(CC)c3)n2C)cc1.CC.CC. The molecular formula is C31H44N2O2. The van der Waals surface area contributed by atoms with Crippen molar-refractivity contribution in [1.82, 2.24) is 9.55 Å². The molecule has 190 valence electrons. The third-order valence-electron chi connectivity index (χ3n) is 5.83. The van der Waals surface area contributed by atoms with E-state index in [1.165, 1.54) is 22.4 Å². The van der Waals surface area contributed by atoms with Gasteiger partial charge in [-0.1, -0.05) is 83.2 Å². The minimum Gasteiger partial charge on any atom is -0.481 e. The van der Waals surface area contributed by atoms with Crippen molar-refractivity contribution in [1.29, 1.82) is 0 Å². The predicted octanol–water partition coefficient (Wildman–Crippen LogP) is 7.62. The number of aliphatic carboxylic acids is 1. The van der Waals surface area contributed by atoms with E-state index in [9.17, 15) is 4.79 Å². The molecule has 0 unspecified atom stereocenters. The average Bonchev–Trinajstić information content (AvgIpc) is 3.26. The molecule has 2 aromatic carbocycles. The molecule has 35 heavy (non-hydrogen) atoms. The first-order valence-electron chi connectivity index (χ1n) is 13.0. The number of allylic oxidation sites excluding steroid dienone is 1. The zero-order chi connectivity index (χ0) is 26.2. The number of hydrogen-bond donors (Lipinski definition) is 1. The lowest BCUT2D eigenvalue weighted by Gasteiger charge is -2.10. The summed E-state index contributed by atoms with van der Waals surface area (Å²) < 4.78 is 2.19. The summed E-state index contributed by atoms with van der Waals surface area (Å²) in [6, 6.07) is 15.0. The fraction of sp³-hybridized carbons (Fsp3) is 0.419. The van der Waals surface area contributed by atoms with Crippen LogP contribution >= 0.6 is 0 Å². The average molecular weight is 477 g/mol. The van der Waals surface area contributed by atoms with E-state index in [0.29, 0.717) is 6.42 Å². The molecule has 0 radical (unpaired) electrons. The van der Waals surface area contributed by atoms with Gasteiger partial charge in [-0.25, -0.2) is 4.98 Å². The Kier molecular flexibility index (Phi) is 14.1. The fourth-order valence-electron chi connectivity index (χ4n) is 4.02. The quantitative estimate of drug-likeness (QED) is 0.290. The Hall–Kier alpha value is -3.14. The van der Waals surface area contributed by atoms with Crippen LogP contribution < -0.4 is 0 Å². The highest BCUT2D eigenvalue weighted by atomic mass is 16.4. The van der Waals surface area contributed by atoms with Crippen LogP contribution in [-0.4, -0.2) is 20.6 Å². The Labute approximate surface area is 212 Å². The second kappa shape index (κ2) is 16.5. The number of aromatic nitrogens is 2. The first kappa shape index (κ1) is 29.9. The number of hydrogen-bond acceptors (Lipinski definition) is 2. The number of benzene rings is 2. The summed E-state index contributed by atoms with van der Waals surface area (Å²) in [6.45, 7) is 13.9. The highest BCUT2D eigenvalue weighted by molar-refractivity contribution is 5.67. The van der Waals surface area contributed by atoms with Crippen molar-refractivity contribution < 1.29 is 9.90 Å². The smallest absolute Gasteiger partial charge is 0.303 e. The van der Waals surface area contributed by atoms with Crippen LogP contribution in [0.25, 0.3) is 11.4 Å². The lowest BCUT2D eigenvalue weighted by Crippen LogP contribution is -2.02. The molecule has 0 spiro atoms. The summed E-state index contributed by atoms with van der Waals surface area (Å²) in [4.78, 5) is 15.5. The number of carbonyl (C=O) groups is 1. The molecule has 0 saturated heterocycles. The fourth-order valence-corrected chi connectivity index (χ4v) is 4.02. The van der Waals surface area contributed by atoms with E-state index in [2.05, 4.69) is 72.6 Å². The van der Waals surface area contributed by atoms with E-state index in [4.69, 9.17) is 5.11 Å². The highest BCUT2D eigenvalue weighted by Crippen LogP contribution is 2.21. The number of carboxylic acids is 1. The van der Waals surface area contributed by atoms with Crippen molar-refractivity contribution in [2.24, 2.45) is 7.05 Å². The van der Waals surface area contributed by atoms with E-state index in [0.717, 1.165) is 49.1 Å². The molecule has 1 heterocycles. The monoisotopic (exact) mass is 476 g/mol. The summed E-state index contributed by atoms with van der Waals surface area (Å²) in [6.07, 6.45) is 9.53. The van der Waals surface area contributed by atoms with E-state index >= 15 is 0 Å². The number of nitrogens with zero attached hydrogens (tertiary/aromatic N) is 2.